The van der Waals surface area contributed by atoms with Gasteiger partial charge >= 0.3 is 0 Å². The van der Waals surface area contributed by atoms with E-state index in [1.807, 2.05) is 0 Å². The molecule has 1 atom stereocenters. The predicted molar refractivity (Wildman–Crippen MR) is 84.3 cm³/mol. The van der Waals surface area contributed by atoms with Gasteiger partial charge in [0.2, 0.25) is 5.91 Å². The number of carbonyl (C=O) groups is 1. The van der Waals surface area contributed by atoms with E-state index in [1.165, 1.54) is 0 Å². The van der Waals surface area contributed by atoms with Crippen molar-refractivity contribution in [2.75, 3.05) is 10.6 Å². The lowest BCUT2D eigenvalue weighted by atomic mass is 10.0. The van der Waals surface area contributed by atoms with Gasteiger partial charge in [-0.3, -0.25) is 4.79 Å². The molecular formula is C15H12Cl2N2O2. The summed E-state index contributed by atoms with van der Waals surface area (Å²) in [5.41, 5.74) is 2.31. The Hall–Kier alpha value is -1.91. The maximum atomic E-state index is 12.1. The molecule has 1 amide bonds. The number of halogens is 2. The molecule has 1 heterocycles. The lowest BCUT2D eigenvalue weighted by Crippen LogP contribution is -2.40. The van der Waals surface area contributed by atoms with Gasteiger partial charge in [-0.25, -0.2) is 0 Å². The van der Waals surface area contributed by atoms with Gasteiger partial charge in [0.25, 0.3) is 0 Å². The first-order chi connectivity index (χ1) is 10.0. The van der Waals surface area contributed by atoms with E-state index in [4.69, 9.17) is 23.2 Å². The summed E-state index contributed by atoms with van der Waals surface area (Å²) >= 11 is 11.9. The highest BCUT2D eigenvalue weighted by Crippen LogP contribution is 2.35. The van der Waals surface area contributed by atoms with Crippen molar-refractivity contribution in [3.8, 4) is 5.75 Å². The van der Waals surface area contributed by atoms with Gasteiger partial charge in [-0.1, -0.05) is 35.3 Å². The van der Waals surface area contributed by atoms with E-state index in [9.17, 15) is 9.90 Å². The summed E-state index contributed by atoms with van der Waals surface area (Å²) in [6.07, 6.45) is 0.506. The number of phenolic OH excluding ortho intramolecular Hbond substituents is 1. The molecule has 3 rings (SSSR count). The van der Waals surface area contributed by atoms with Crippen LogP contribution in [-0.2, 0) is 11.2 Å². The van der Waals surface area contributed by atoms with E-state index in [0.29, 0.717) is 22.2 Å². The van der Waals surface area contributed by atoms with Crippen LogP contribution in [0.4, 0.5) is 11.4 Å². The molecule has 6 heteroatoms. The predicted octanol–water partition coefficient (Wildman–Crippen LogP) is 3.67. The average Bonchev–Trinajstić information content (AvgIpc) is 2.44. The number of fused-ring (bicyclic) bond motifs is 1. The van der Waals surface area contributed by atoms with E-state index in [1.54, 1.807) is 36.4 Å². The molecule has 1 aliphatic heterocycles. The molecule has 0 aromatic heterocycles. The molecule has 4 nitrogen and oxygen atoms in total. The Morgan fingerprint density at radius 1 is 1.05 bits per heavy atom. The van der Waals surface area contributed by atoms with E-state index in [0.717, 1.165) is 11.3 Å². The first kappa shape index (κ1) is 14.0. The highest BCUT2D eigenvalue weighted by atomic mass is 35.5. The fraction of sp³-hybridized carbons (Fsp3) is 0.133. The van der Waals surface area contributed by atoms with Crippen LogP contribution in [0.25, 0.3) is 0 Å². The zero-order valence-electron chi connectivity index (χ0n) is 10.9. The van der Waals surface area contributed by atoms with Gasteiger partial charge in [0.1, 0.15) is 11.8 Å². The van der Waals surface area contributed by atoms with Crippen molar-refractivity contribution in [2.45, 2.75) is 12.5 Å². The molecule has 3 N–H and O–H groups in total. The first-order valence-electron chi connectivity index (χ1n) is 6.37. The molecule has 0 spiro atoms. The van der Waals surface area contributed by atoms with Crippen LogP contribution in [-0.4, -0.2) is 17.1 Å². The van der Waals surface area contributed by atoms with Crippen molar-refractivity contribution in [3.05, 3.63) is 52.0 Å². The summed E-state index contributed by atoms with van der Waals surface area (Å²) in [4.78, 5) is 12.1. The summed E-state index contributed by atoms with van der Waals surface area (Å²) in [7, 11) is 0. The fourth-order valence-corrected chi connectivity index (χ4v) is 2.58. The standard InChI is InChI=1S/C15H12Cl2N2O2/c16-10-6-12-13(7-11(10)17)19-15(21)14(18-12)5-8-1-3-9(20)4-2-8/h1-4,6-7,14,18,20H,5H2,(H,19,21). The van der Waals surface area contributed by atoms with Crippen molar-refractivity contribution >= 4 is 40.5 Å². The molecule has 2 aromatic carbocycles. The number of amides is 1. The minimum Gasteiger partial charge on any atom is -0.508 e. The Morgan fingerprint density at radius 2 is 1.67 bits per heavy atom. The lowest BCUT2D eigenvalue weighted by molar-refractivity contribution is -0.117. The quantitative estimate of drug-likeness (QED) is 0.790. The third kappa shape index (κ3) is 2.91. The SMILES string of the molecule is O=C1Nc2cc(Cl)c(Cl)cc2NC1Cc1ccc(O)cc1. The first-order valence-corrected chi connectivity index (χ1v) is 7.13. The van der Waals surface area contributed by atoms with Crippen LogP contribution in [0.2, 0.25) is 10.0 Å². The number of phenols is 1. The van der Waals surface area contributed by atoms with Gasteiger partial charge < -0.3 is 15.7 Å². The molecule has 0 bridgehead atoms. The number of hydrogen-bond donors (Lipinski definition) is 3. The summed E-state index contributed by atoms with van der Waals surface area (Å²) < 4.78 is 0. The van der Waals surface area contributed by atoms with Crippen LogP contribution in [0.5, 0.6) is 5.75 Å². The maximum Gasteiger partial charge on any atom is 0.247 e. The van der Waals surface area contributed by atoms with E-state index in [2.05, 4.69) is 10.6 Å². The second kappa shape index (κ2) is 5.47. The monoisotopic (exact) mass is 322 g/mol. The van der Waals surface area contributed by atoms with Gasteiger partial charge in [0.15, 0.2) is 0 Å². The zero-order valence-corrected chi connectivity index (χ0v) is 12.4. The minimum atomic E-state index is -0.403. The number of nitrogens with one attached hydrogen (secondary N) is 2. The van der Waals surface area contributed by atoms with Crippen molar-refractivity contribution in [2.24, 2.45) is 0 Å². The van der Waals surface area contributed by atoms with Gasteiger partial charge in [-0.05, 0) is 29.8 Å². The summed E-state index contributed by atoms with van der Waals surface area (Å²) in [6, 6.07) is 9.69. The Labute approximate surface area is 131 Å². The topological polar surface area (TPSA) is 61.4 Å². The van der Waals surface area contributed by atoms with E-state index < -0.39 is 6.04 Å². The molecule has 1 aliphatic rings. The Morgan fingerprint density at radius 3 is 2.33 bits per heavy atom. The Balaban J connectivity index is 1.83. The highest BCUT2D eigenvalue weighted by Gasteiger charge is 2.26. The van der Waals surface area contributed by atoms with E-state index in [-0.39, 0.29) is 11.7 Å². The second-order valence-electron chi connectivity index (χ2n) is 4.87. The number of aromatic hydroxyl groups is 1. The van der Waals surface area contributed by atoms with Crippen molar-refractivity contribution in [1.29, 1.82) is 0 Å². The van der Waals surface area contributed by atoms with Crippen LogP contribution < -0.4 is 10.6 Å². The van der Waals surface area contributed by atoms with Gasteiger partial charge in [0.05, 0.1) is 21.4 Å². The number of benzene rings is 2. The minimum absolute atomic E-state index is 0.131. The van der Waals surface area contributed by atoms with Crippen molar-refractivity contribution < 1.29 is 9.90 Å². The molecule has 0 radical (unpaired) electrons. The van der Waals surface area contributed by atoms with E-state index >= 15 is 0 Å². The van der Waals surface area contributed by atoms with Crippen LogP contribution in [0, 0.1) is 0 Å². The highest BCUT2D eigenvalue weighted by molar-refractivity contribution is 6.42. The molecule has 0 aliphatic carbocycles. The number of anilines is 2. The zero-order chi connectivity index (χ0) is 15.0. The van der Waals surface area contributed by atoms with Crippen LogP contribution in [0.1, 0.15) is 5.56 Å². The number of hydrogen-bond acceptors (Lipinski definition) is 3. The van der Waals surface area contributed by atoms with Crippen LogP contribution >= 0.6 is 23.2 Å². The molecule has 2 aromatic rings. The van der Waals surface area contributed by atoms with Gasteiger partial charge in [-0.2, -0.15) is 0 Å². The maximum absolute atomic E-state index is 12.1. The Bertz CT molecular complexity index is 702. The van der Waals surface area contributed by atoms with Gasteiger partial charge in [0, 0.05) is 6.42 Å². The third-order valence-corrected chi connectivity index (χ3v) is 4.06. The smallest absolute Gasteiger partial charge is 0.247 e. The normalized spacial score (nSPS) is 16.9. The van der Waals surface area contributed by atoms with Gasteiger partial charge in [-0.15, -0.1) is 0 Å². The Kier molecular flexibility index (Phi) is 3.66. The molecular weight excluding hydrogens is 311 g/mol. The number of carbonyl (C=O) groups excluding carboxylic acids is 1. The van der Waals surface area contributed by atoms with Crippen LogP contribution in [0.3, 0.4) is 0 Å². The molecule has 108 valence electrons. The molecule has 1 unspecified atom stereocenters. The van der Waals surface area contributed by atoms with Crippen molar-refractivity contribution in [1.82, 2.24) is 0 Å². The number of rotatable bonds is 2. The molecule has 0 saturated heterocycles. The van der Waals surface area contributed by atoms with Crippen molar-refractivity contribution in [3.63, 3.8) is 0 Å². The summed E-state index contributed by atoms with van der Waals surface area (Å²) in [6.45, 7) is 0. The molecule has 0 saturated carbocycles. The molecule has 0 fully saturated rings. The largest absolute Gasteiger partial charge is 0.508 e. The average molecular weight is 323 g/mol. The van der Waals surface area contributed by atoms with Crippen LogP contribution in [0.15, 0.2) is 36.4 Å². The second-order valence-corrected chi connectivity index (χ2v) is 5.68. The lowest BCUT2D eigenvalue weighted by Gasteiger charge is -2.27. The summed E-state index contributed by atoms with van der Waals surface area (Å²) in [5.74, 6) is 0.0699. The molecule has 21 heavy (non-hydrogen) atoms. The third-order valence-electron chi connectivity index (χ3n) is 3.34. The fourth-order valence-electron chi connectivity index (χ4n) is 2.25. The summed E-state index contributed by atoms with van der Waals surface area (Å²) in [5, 5.41) is 16.1.